The van der Waals surface area contributed by atoms with Gasteiger partial charge in [0.15, 0.2) is 0 Å². The SMILES string of the molecule is CCNCC1CCN(C(=O)CSc2ccccc2C)CC1. The van der Waals surface area contributed by atoms with Crippen LogP contribution in [0, 0.1) is 12.8 Å². The van der Waals surface area contributed by atoms with Crippen molar-refractivity contribution in [1.82, 2.24) is 10.2 Å². The summed E-state index contributed by atoms with van der Waals surface area (Å²) < 4.78 is 0. The molecule has 0 radical (unpaired) electrons. The molecule has 1 aliphatic rings. The smallest absolute Gasteiger partial charge is 0.232 e. The average Bonchev–Trinajstić information content (AvgIpc) is 2.52. The molecule has 1 fully saturated rings. The summed E-state index contributed by atoms with van der Waals surface area (Å²) in [6.45, 7) is 8.20. The van der Waals surface area contributed by atoms with Gasteiger partial charge in [-0.3, -0.25) is 4.79 Å². The number of hydrogen-bond donors (Lipinski definition) is 1. The fraction of sp³-hybridized carbons (Fsp3) is 0.588. The Bertz CT molecular complexity index is 456. The summed E-state index contributed by atoms with van der Waals surface area (Å²) in [6, 6.07) is 8.26. The van der Waals surface area contributed by atoms with Crippen molar-refractivity contribution in [2.75, 3.05) is 31.9 Å². The van der Waals surface area contributed by atoms with Gasteiger partial charge in [-0.1, -0.05) is 25.1 Å². The van der Waals surface area contributed by atoms with Crippen molar-refractivity contribution >= 4 is 17.7 Å². The Labute approximate surface area is 132 Å². The lowest BCUT2D eigenvalue weighted by atomic mass is 9.97. The Morgan fingerprint density at radius 1 is 1.33 bits per heavy atom. The van der Waals surface area contributed by atoms with E-state index in [2.05, 4.69) is 31.3 Å². The molecule has 1 N–H and O–H groups in total. The first kappa shape index (κ1) is 16.4. The highest BCUT2D eigenvalue weighted by molar-refractivity contribution is 8.00. The minimum atomic E-state index is 0.283. The maximum Gasteiger partial charge on any atom is 0.232 e. The van der Waals surface area contributed by atoms with E-state index in [1.807, 2.05) is 17.0 Å². The number of amides is 1. The standard InChI is InChI=1S/C17H26N2OS/c1-3-18-12-15-8-10-19(11-9-15)17(20)13-21-16-7-5-4-6-14(16)2/h4-7,15,18H,3,8-13H2,1-2H3. The number of carbonyl (C=O) groups is 1. The van der Waals surface area contributed by atoms with E-state index < -0.39 is 0 Å². The second-order valence-corrected chi connectivity index (χ2v) is 6.70. The lowest BCUT2D eigenvalue weighted by Gasteiger charge is -2.32. The summed E-state index contributed by atoms with van der Waals surface area (Å²) in [7, 11) is 0. The number of rotatable bonds is 6. The molecule has 1 saturated heterocycles. The van der Waals surface area contributed by atoms with Crippen molar-refractivity contribution in [1.29, 1.82) is 0 Å². The number of thioether (sulfide) groups is 1. The van der Waals surface area contributed by atoms with Crippen LogP contribution in [0.25, 0.3) is 0 Å². The van der Waals surface area contributed by atoms with Crippen molar-refractivity contribution in [3.05, 3.63) is 29.8 Å². The first-order chi connectivity index (χ1) is 10.2. The second kappa shape index (κ2) is 8.44. The molecule has 0 aromatic heterocycles. The zero-order chi connectivity index (χ0) is 15.1. The number of likely N-dealkylation sites (tertiary alicyclic amines) is 1. The highest BCUT2D eigenvalue weighted by atomic mass is 32.2. The van der Waals surface area contributed by atoms with Crippen LogP contribution in [-0.4, -0.2) is 42.7 Å². The molecule has 3 nitrogen and oxygen atoms in total. The molecule has 4 heteroatoms. The maximum absolute atomic E-state index is 12.3. The Morgan fingerprint density at radius 2 is 2.05 bits per heavy atom. The lowest BCUT2D eigenvalue weighted by molar-refractivity contribution is -0.129. The number of nitrogens with one attached hydrogen (secondary N) is 1. The van der Waals surface area contributed by atoms with Crippen LogP contribution in [-0.2, 0) is 4.79 Å². The third kappa shape index (κ3) is 5.04. The molecule has 0 unspecified atom stereocenters. The van der Waals surface area contributed by atoms with E-state index >= 15 is 0 Å². The molecule has 2 rings (SSSR count). The third-order valence-corrected chi connectivity index (χ3v) is 5.26. The van der Waals surface area contributed by atoms with Crippen molar-refractivity contribution < 1.29 is 4.79 Å². The zero-order valence-electron chi connectivity index (χ0n) is 13.1. The fourth-order valence-electron chi connectivity index (χ4n) is 2.68. The number of piperidine rings is 1. The molecule has 116 valence electrons. The molecule has 0 spiro atoms. The van der Waals surface area contributed by atoms with Gasteiger partial charge in [0.25, 0.3) is 0 Å². The van der Waals surface area contributed by atoms with Gasteiger partial charge in [-0.25, -0.2) is 0 Å². The summed E-state index contributed by atoms with van der Waals surface area (Å²) in [5.74, 6) is 1.58. The van der Waals surface area contributed by atoms with Gasteiger partial charge < -0.3 is 10.2 Å². The number of carbonyl (C=O) groups excluding carboxylic acids is 1. The Morgan fingerprint density at radius 3 is 2.71 bits per heavy atom. The quantitative estimate of drug-likeness (QED) is 0.820. The van der Waals surface area contributed by atoms with E-state index in [0.717, 1.165) is 44.9 Å². The summed E-state index contributed by atoms with van der Waals surface area (Å²) >= 11 is 1.66. The van der Waals surface area contributed by atoms with Crippen LogP contribution in [0.2, 0.25) is 0 Å². The van der Waals surface area contributed by atoms with Gasteiger partial charge in [-0.2, -0.15) is 0 Å². The van der Waals surface area contributed by atoms with Crippen LogP contribution in [0.5, 0.6) is 0 Å². The van der Waals surface area contributed by atoms with Gasteiger partial charge in [0, 0.05) is 18.0 Å². The maximum atomic E-state index is 12.3. The molecule has 1 heterocycles. The Balaban J connectivity index is 1.74. The number of nitrogens with zero attached hydrogens (tertiary/aromatic N) is 1. The van der Waals surface area contributed by atoms with Crippen molar-refractivity contribution in [2.45, 2.75) is 31.6 Å². The molecular formula is C17H26N2OS. The van der Waals surface area contributed by atoms with Gasteiger partial charge in [0.05, 0.1) is 5.75 Å². The van der Waals surface area contributed by atoms with Crippen LogP contribution >= 0.6 is 11.8 Å². The summed E-state index contributed by atoms with van der Waals surface area (Å²) in [6.07, 6.45) is 2.27. The Kier molecular flexibility index (Phi) is 6.58. The van der Waals surface area contributed by atoms with Gasteiger partial charge in [-0.15, -0.1) is 11.8 Å². The molecule has 0 bridgehead atoms. The minimum Gasteiger partial charge on any atom is -0.342 e. The van der Waals surface area contributed by atoms with E-state index in [1.165, 1.54) is 10.5 Å². The van der Waals surface area contributed by atoms with Crippen LogP contribution in [0.1, 0.15) is 25.3 Å². The van der Waals surface area contributed by atoms with E-state index in [9.17, 15) is 4.79 Å². The molecule has 1 aliphatic heterocycles. The molecule has 1 amide bonds. The predicted molar refractivity (Wildman–Crippen MR) is 89.8 cm³/mol. The van der Waals surface area contributed by atoms with E-state index in [-0.39, 0.29) is 5.91 Å². The molecule has 0 saturated carbocycles. The van der Waals surface area contributed by atoms with Crippen molar-refractivity contribution in [3.63, 3.8) is 0 Å². The largest absolute Gasteiger partial charge is 0.342 e. The second-order valence-electron chi connectivity index (χ2n) is 5.69. The molecule has 1 aromatic carbocycles. The highest BCUT2D eigenvalue weighted by Crippen LogP contribution is 2.23. The number of hydrogen-bond acceptors (Lipinski definition) is 3. The summed E-state index contributed by atoms with van der Waals surface area (Å²) in [5.41, 5.74) is 1.25. The minimum absolute atomic E-state index is 0.283. The van der Waals surface area contributed by atoms with Crippen LogP contribution in [0.15, 0.2) is 29.2 Å². The van der Waals surface area contributed by atoms with Gasteiger partial charge in [-0.05, 0) is 50.4 Å². The Hall–Kier alpha value is -1.00. The van der Waals surface area contributed by atoms with E-state index in [0.29, 0.717) is 5.75 Å². The molecule has 21 heavy (non-hydrogen) atoms. The predicted octanol–water partition coefficient (Wildman–Crippen LogP) is 2.94. The first-order valence-corrected chi connectivity index (χ1v) is 8.86. The van der Waals surface area contributed by atoms with Crippen LogP contribution in [0.3, 0.4) is 0 Å². The fourth-order valence-corrected chi connectivity index (χ4v) is 3.62. The van der Waals surface area contributed by atoms with Gasteiger partial charge in [0.2, 0.25) is 5.91 Å². The van der Waals surface area contributed by atoms with Gasteiger partial charge in [0.1, 0.15) is 0 Å². The topological polar surface area (TPSA) is 32.3 Å². The molecule has 0 aliphatic carbocycles. The lowest BCUT2D eigenvalue weighted by Crippen LogP contribution is -2.41. The van der Waals surface area contributed by atoms with Gasteiger partial charge >= 0.3 is 0 Å². The van der Waals surface area contributed by atoms with E-state index in [1.54, 1.807) is 11.8 Å². The highest BCUT2D eigenvalue weighted by Gasteiger charge is 2.22. The van der Waals surface area contributed by atoms with E-state index in [4.69, 9.17) is 0 Å². The summed E-state index contributed by atoms with van der Waals surface area (Å²) in [5, 5.41) is 3.41. The number of benzene rings is 1. The van der Waals surface area contributed by atoms with Crippen molar-refractivity contribution in [2.24, 2.45) is 5.92 Å². The first-order valence-electron chi connectivity index (χ1n) is 7.87. The average molecular weight is 306 g/mol. The van der Waals surface area contributed by atoms with Crippen molar-refractivity contribution in [3.8, 4) is 0 Å². The molecule has 1 aromatic rings. The van der Waals surface area contributed by atoms with Crippen LogP contribution in [0.4, 0.5) is 0 Å². The third-order valence-electron chi connectivity index (χ3n) is 4.09. The van der Waals surface area contributed by atoms with Crippen LogP contribution < -0.4 is 5.32 Å². The summed E-state index contributed by atoms with van der Waals surface area (Å²) in [4.78, 5) is 15.5. The molecular weight excluding hydrogens is 280 g/mol. The number of aryl methyl sites for hydroxylation is 1. The molecule has 0 atom stereocenters. The normalized spacial score (nSPS) is 16.2. The monoisotopic (exact) mass is 306 g/mol. The zero-order valence-corrected chi connectivity index (χ0v) is 13.9.